The van der Waals surface area contributed by atoms with Crippen LogP contribution in [0.25, 0.3) is 0 Å². The van der Waals surface area contributed by atoms with E-state index in [1.807, 2.05) is 4.90 Å². The van der Waals surface area contributed by atoms with Crippen LogP contribution in [0.4, 0.5) is 0 Å². The maximum atomic E-state index is 11.7. The smallest absolute Gasteiger partial charge is 0.248 e. The molecule has 2 saturated heterocycles. The van der Waals surface area contributed by atoms with E-state index in [2.05, 4.69) is 11.9 Å². The van der Waals surface area contributed by atoms with Crippen LogP contribution in [0.15, 0.2) is 0 Å². The third-order valence-electron chi connectivity index (χ3n) is 2.91. The molecular formula is C10H18N2O3. The van der Waals surface area contributed by atoms with Crippen LogP contribution in [0.2, 0.25) is 0 Å². The van der Waals surface area contributed by atoms with E-state index < -0.39 is 0 Å². The first-order valence-corrected chi connectivity index (χ1v) is 5.41. The fraction of sp³-hybridized carbons (Fsp3) is 0.900. The summed E-state index contributed by atoms with van der Waals surface area (Å²) in [5.74, 6) is 0.106. The van der Waals surface area contributed by atoms with E-state index in [4.69, 9.17) is 9.47 Å². The van der Waals surface area contributed by atoms with Crippen LogP contribution in [-0.4, -0.2) is 74.9 Å². The monoisotopic (exact) mass is 214 g/mol. The molecule has 2 rings (SSSR count). The third kappa shape index (κ3) is 2.90. The minimum absolute atomic E-state index is 0.106. The third-order valence-corrected chi connectivity index (χ3v) is 2.91. The number of likely N-dealkylation sites (N-methyl/N-ethyl adjacent to an activating group) is 1. The summed E-state index contributed by atoms with van der Waals surface area (Å²) < 4.78 is 10.4. The highest BCUT2D eigenvalue weighted by atomic mass is 16.6. The van der Waals surface area contributed by atoms with Crippen molar-refractivity contribution in [3.63, 3.8) is 0 Å². The van der Waals surface area contributed by atoms with Crippen molar-refractivity contribution in [2.45, 2.75) is 6.10 Å². The van der Waals surface area contributed by atoms with Gasteiger partial charge in [0.1, 0.15) is 12.7 Å². The topological polar surface area (TPSA) is 42.0 Å². The maximum Gasteiger partial charge on any atom is 0.248 e. The van der Waals surface area contributed by atoms with Crippen LogP contribution >= 0.6 is 0 Å². The highest BCUT2D eigenvalue weighted by Crippen LogP contribution is 2.06. The van der Waals surface area contributed by atoms with E-state index in [0.717, 1.165) is 26.2 Å². The average Bonchev–Trinajstić information content (AvgIpc) is 2.16. The Hall–Kier alpha value is -0.650. The maximum absolute atomic E-state index is 11.7. The van der Waals surface area contributed by atoms with E-state index in [0.29, 0.717) is 13.2 Å². The molecule has 0 atom stereocenters. The standard InChI is InChI=1S/C10H18N2O3/c1-11-2-4-12(5-3-11)10(13)8-15-9-6-14-7-9/h9H,2-8H2,1H3. The fourth-order valence-corrected chi connectivity index (χ4v) is 1.65. The van der Waals surface area contributed by atoms with Gasteiger partial charge in [0.05, 0.1) is 13.2 Å². The van der Waals surface area contributed by atoms with Gasteiger partial charge in [-0.15, -0.1) is 0 Å². The Kier molecular flexibility index (Phi) is 3.56. The summed E-state index contributed by atoms with van der Waals surface area (Å²) in [7, 11) is 2.07. The molecule has 0 aromatic heterocycles. The SMILES string of the molecule is CN1CCN(C(=O)COC2COC2)CC1. The number of carbonyl (C=O) groups is 1. The summed E-state index contributed by atoms with van der Waals surface area (Å²) in [6, 6.07) is 0. The molecule has 2 heterocycles. The Morgan fingerprint density at radius 3 is 2.53 bits per heavy atom. The highest BCUT2D eigenvalue weighted by molar-refractivity contribution is 5.77. The Balaban J connectivity index is 1.66. The van der Waals surface area contributed by atoms with Crippen molar-refractivity contribution in [1.82, 2.24) is 9.80 Å². The molecule has 5 nitrogen and oxygen atoms in total. The molecular weight excluding hydrogens is 196 g/mol. The number of piperazine rings is 1. The van der Waals surface area contributed by atoms with Gasteiger partial charge in [-0.05, 0) is 7.05 Å². The van der Waals surface area contributed by atoms with Crippen molar-refractivity contribution in [2.75, 3.05) is 53.0 Å². The summed E-state index contributed by atoms with van der Waals surface area (Å²) >= 11 is 0. The Morgan fingerprint density at radius 2 is 2.00 bits per heavy atom. The second-order valence-electron chi connectivity index (χ2n) is 4.15. The predicted octanol–water partition coefficient (Wildman–Crippen LogP) is -0.824. The summed E-state index contributed by atoms with van der Waals surface area (Å²) in [6.07, 6.45) is 0.140. The lowest BCUT2D eigenvalue weighted by atomic mass is 10.3. The quantitative estimate of drug-likeness (QED) is 0.615. The van der Waals surface area contributed by atoms with Crippen molar-refractivity contribution < 1.29 is 14.3 Å². The number of amides is 1. The zero-order valence-corrected chi connectivity index (χ0v) is 9.15. The average molecular weight is 214 g/mol. The minimum Gasteiger partial charge on any atom is -0.376 e. The van der Waals surface area contributed by atoms with Crippen molar-refractivity contribution in [2.24, 2.45) is 0 Å². The van der Waals surface area contributed by atoms with E-state index >= 15 is 0 Å². The summed E-state index contributed by atoms with van der Waals surface area (Å²) in [5, 5.41) is 0. The van der Waals surface area contributed by atoms with Crippen LogP contribution in [0.3, 0.4) is 0 Å². The van der Waals surface area contributed by atoms with E-state index in [-0.39, 0.29) is 18.6 Å². The number of ether oxygens (including phenoxy) is 2. The Morgan fingerprint density at radius 1 is 1.33 bits per heavy atom. The fourth-order valence-electron chi connectivity index (χ4n) is 1.65. The van der Waals surface area contributed by atoms with Crippen molar-refractivity contribution in [3.05, 3.63) is 0 Å². The molecule has 0 saturated carbocycles. The normalized spacial score (nSPS) is 23.9. The number of hydrogen-bond donors (Lipinski definition) is 0. The first-order chi connectivity index (χ1) is 7.25. The van der Waals surface area contributed by atoms with Crippen LogP contribution in [0.1, 0.15) is 0 Å². The van der Waals surface area contributed by atoms with Crippen molar-refractivity contribution >= 4 is 5.91 Å². The number of hydrogen-bond acceptors (Lipinski definition) is 4. The van der Waals surface area contributed by atoms with E-state index in [1.165, 1.54) is 0 Å². The second kappa shape index (κ2) is 4.92. The van der Waals surface area contributed by atoms with Gasteiger partial charge in [0.2, 0.25) is 5.91 Å². The first kappa shape index (κ1) is 10.9. The zero-order chi connectivity index (χ0) is 10.7. The molecule has 5 heteroatoms. The molecule has 0 unspecified atom stereocenters. The molecule has 0 radical (unpaired) electrons. The number of carbonyl (C=O) groups excluding carboxylic acids is 1. The van der Waals surface area contributed by atoms with Crippen LogP contribution in [0, 0.1) is 0 Å². The lowest BCUT2D eigenvalue weighted by Gasteiger charge is -2.33. The molecule has 0 aliphatic carbocycles. The van der Waals surface area contributed by atoms with Crippen LogP contribution in [0.5, 0.6) is 0 Å². The van der Waals surface area contributed by atoms with E-state index in [9.17, 15) is 4.79 Å². The predicted molar refractivity (Wildman–Crippen MR) is 54.6 cm³/mol. The van der Waals surface area contributed by atoms with E-state index in [1.54, 1.807) is 0 Å². The molecule has 0 aromatic carbocycles. The zero-order valence-electron chi connectivity index (χ0n) is 9.15. The van der Waals surface area contributed by atoms with Gasteiger partial charge in [-0.25, -0.2) is 0 Å². The lowest BCUT2D eigenvalue weighted by Crippen LogP contribution is -2.49. The molecule has 2 aliphatic rings. The first-order valence-electron chi connectivity index (χ1n) is 5.41. The number of rotatable bonds is 3. The molecule has 15 heavy (non-hydrogen) atoms. The van der Waals surface area contributed by atoms with Crippen molar-refractivity contribution in [3.8, 4) is 0 Å². The second-order valence-corrected chi connectivity index (χ2v) is 4.15. The molecule has 2 aliphatic heterocycles. The Bertz CT molecular complexity index is 223. The van der Waals surface area contributed by atoms with Crippen LogP contribution in [-0.2, 0) is 14.3 Å². The van der Waals surface area contributed by atoms with Gasteiger partial charge >= 0.3 is 0 Å². The number of nitrogens with zero attached hydrogens (tertiary/aromatic N) is 2. The van der Waals surface area contributed by atoms with Gasteiger partial charge in [0.15, 0.2) is 0 Å². The van der Waals surface area contributed by atoms with Gasteiger partial charge in [0.25, 0.3) is 0 Å². The largest absolute Gasteiger partial charge is 0.376 e. The van der Waals surface area contributed by atoms with Gasteiger partial charge in [0, 0.05) is 26.2 Å². The van der Waals surface area contributed by atoms with Gasteiger partial charge in [-0.2, -0.15) is 0 Å². The summed E-state index contributed by atoms with van der Waals surface area (Å²) in [6.45, 7) is 5.03. The molecule has 0 aromatic rings. The molecule has 2 fully saturated rings. The van der Waals surface area contributed by atoms with Crippen LogP contribution < -0.4 is 0 Å². The summed E-state index contributed by atoms with van der Waals surface area (Å²) in [5.41, 5.74) is 0. The minimum atomic E-state index is 0.106. The molecule has 0 spiro atoms. The van der Waals surface area contributed by atoms with Gasteiger partial charge in [-0.3, -0.25) is 4.79 Å². The molecule has 0 N–H and O–H groups in total. The lowest BCUT2D eigenvalue weighted by molar-refractivity contribution is -0.156. The Labute approximate surface area is 89.9 Å². The highest BCUT2D eigenvalue weighted by Gasteiger charge is 2.23. The molecule has 0 bridgehead atoms. The van der Waals surface area contributed by atoms with Crippen molar-refractivity contribution in [1.29, 1.82) is 0 Å². The molecule has 1 amide bonds. The molecule has 86 valence electrons. The summed E-state index contributed by atoms with van der Waals surface area (Å²) in [4.78, 5) is 15.8. The van der Waals surface area contributed by atoms with Gasteiger partial charge in [-0.1, -0.05) is 0 Å². The van der Waals surface area contributed by atoms with Gasteiger partial charge < -0.3 is 19.3 Å².